The van der Waals surface area contributed by atoms with Gasteiger partial charge in [-0.25, -0.2) is 9.97 Å². The van der Waals surface area contributed by atoms with Gasteiger partial charge in [0.25, 0.3) is 5.88 Å². The van der Waals surface area contributed by atoms with E-state index in [9.17, 15) is 5.11 Å². The van der Waals surface area contributed by atoms with Crippen LogP contribution in [0.2, 0.25) is 0 Å². The second kappa shape index (κ2) is 7.16. The van der Waals surface area contributed by atoms with E-state index >= 15 is 0 Å². The third-order valence-electron chi connectivity index (χ3n) is 4.62. The number of rotatable bonds is 5. The van der Waals surface area contributed by atoms with Crippen LogP contribution in [0.1, 0.15) is 13.0 Å². The molecular weight excluding hydrogens is 372 g/mol. The average Bonchev–Trinajstić information content (AvgIpc) is 3.37. The van der Waals surface area contributed by atoms with Gasteiger partial charge in [0.1, 0.15) is 6.04 Å². The van der Waals surface area contributed by atoms with Gasteiger partial charge in [-0.1, -0.05) is 0 Å². The summed E-state index contributed by atoms with van der Waals surface area (Å²) in [5, 5.41) is 24.5. The van der Waals surface area contributed by atoms with E-state index in [1.54, 1.807) is 61.6 Å². The van der Waals surface area contributed by atoms with Crippen LogP contribution in [0.3, 0.4) is 0 Å². The molecule has 0 aliphatic heterocycles. The molecule has 0 spiro atoms. The standard InChI is InChI=1S/C20H18N6O3/c1-12(7-21)26-10-14(9-23-26)25-11-17-15(20(25)27)4-5-16(24-17)13-6-18(28-2)19(29-3)22-8-13/h4-6,8-12,27H,1-3H3. The number of nitriles is 1. The molecule has 4 aromatic heterocycles. The summed E-state index contributed by atoms with van der Waals surface area (Å²) >= 11 is 0. The SMILES string of the molecule is COc1cc(-c2ccc3c(O)n(-c4cnn(C(C)C#N)c4)cc3n2)cnc1OC. The van der Waals surface area contributed by atoms with E-state index < -0.39 is 6.04 Å². The Morgan fingerprint density at radius 3 is 2.72 bits per heavy atom. The number of aromatic nitrogens is 5. The van der Waals surface area contributed by atoms with Crippen molar-refractivity contribution in [3.05, 3.63) is 43.0 Å². The van der Waals surface area contributed by atoms with Gasteiger partial charge in [0.05, 0.1) is 55.0 Å². The lowest BCUT2D eigenvalue weighted by Crippen LogP contribution is -2.02. The second-order valence-corrected chi connectivity index (χ2v) is 6.37. The van der Waals surface area contributed by atoms with Gasteiger partial charge in [-0.3, -0.25) is 9.25 Å². The smallest absolute Gasteiger partial charge is 0.256 e. The Balaban J connectivity index is 1.76. The Bertz CT molecular complexity index is 1240. The predicted octanol–water partition coefficient (Wildman–Crippen LogP) is 3.09. The largest absolute Gasteiger partial charge is 0.494 e. The Morgan fingerprint density at radius 1 is 1.17 bits per heavy atom. The van der Waals surface area contributed by atoms with E-state index in [1.807, 2.05) is 0 Å². The fourth-order valence-electron chi connectivity index (χ4n) is 3.03. The highest BCUT2D eigenvalue weighted by atomic mass is 16.5. The maximum Gasteiger partial charge on any atom is 0.256 e. The lowest BCUT2D eigenvalue weighted by Gasteiger charge is -2.08. The molecule has 9 nitrogen and oxygen atoms in total. The van der Waals surface area contributed by atoms with E-state index in [2.05, 4.69) is 21.1 Å². The van der Waals surface area contributed by atoms with Gasteiger partial charge in [-0.15, -0.1) is 0 Å². The maximum absolute atomic E-state index is 10.6. The summed E-state index contributed by atoms with van der Waals surface area (Å²) in [7, 11) is 3.07. The molecule has 0 aliphatic carbocycles. The van der Waals surface area contributed by atoms with Gasteiger partial charge in [0, 0.05) is 18.0 Å². The predicted molar refractivity (Wildman–Crippen MR) is 105 cm³/mol. The van der Waals surface area contributed by atoms with Gasteiger partial charge in [-0.05, 0) is 25.1 Å². The molecule has 1 unspecified atom stereocenters. The molecule has 0 saturated heterocycles. The molecule has 9 heteroatoms. The van der Waals surface area contributed by atoms with Crippen molar-refractivity contribution in [2.75, 3.05) is 14.2 Å². The summed E-state index contributed by atoms with van der Waals surface area (Å²) in [5.74, 6) is 0.949. The van der Waals surface area contributed by atoms with Crippen molar-refractivity contribution in [3.8, 4) is 40.5 Å². The molecule has 0 saturated carbocycles. The Morgan fingerprint density at radius 2 is 2.00 bits per heavy atom. The molecule has 1 N–H and O–H groups in total. The molecule has 0 aliphatic rings. The van der Waals surface area contributed by atoms with Crippen LogP contribution >= 0.6 is 0 Å². The fourth-order valence-corrected chi connectivity index (χ4v) is 3.03. The third-order valence-corrected chi connectivity index (χ3v) is 4.62. The molecule has 0 bridgehead atoms. The number of hydrogen-bond acceptors (Lipinski definition) is 7. The molecule has 0 aromatic carbocycles. The average molecular weight is 390 g/mol. The van der Waals surface area contributed by atoms with Crippen molar-refractivity contribution in [2.24, 2.45) is 0 Å². The van der Waals surface area contributed by atoms with Crippen LogP contribution in [0.15, 0.2) is 43.0 Å². The van der Waals surface area contributed by atoms with Gasteiger partial charge in [0.15, 0.2) is 5.75 Å². The summed E-state index contributed by atoms with van der Waals surface area (Å²) in [6.07, 6.45) is 6.66. The Labute approximate surface area is 166 Å². The topological polar surface area (TPSA) is 111 Å². The summed E-state index contributed by atoms with van der Waals surface area (Å²) in [6, 6.07) is 7.11. The maximum atomic E-state index is 10.6. The lowest BCUT2D eigenvalue weighted by molar-refractivity contribution is 0.343. The minimum atomic E-state index is -0.404. The number of hydrogen-bond donors (Lipinski definition) is 1. The molecule has 146 valence electrons. The van der Waals surface area contributed by atoms with Crippen molar-refractivity contribution in [1.82, 2.24) is 24.3 Å². The van der Waals surface area contributed by atoms with E-state index in [0.29, 0.717) is 33.9 Å². The molecule has 1 atom stereocenters. The molecule has 0 radical (unpaired) electrons. The molecular formula is C20H18N6O3. The van der Waals surface area contributed by atoms with Gasteiger partial charge in [-0.2, -0.15) is 10.4 Å². The summed E-state index contributed by atoms with van der Waals surface area (Å²) in [5.41, 5.74) is 2.68. The van der Waals surface area contributed by atoms with Crippen LogP contribution in [-0.2, 0) is 0 Å². The minimum Gasteiger partial charge on any atom is -0.494 e. The van der Waals surface area contributed by atoms with Crippen LogP contribution < -0.4 is 9.47 Å². The highest BCUT2D eigenvalue weighted by Gasteiger charge is 2.15. The Hall–Kier alpha value is -4.06. The first kappa shape index (κ1) is 18.3. The van der Waals surface area contributed by atoms with E-state index in [4.69, 9.17) is 14.7 Å². The molecule has 4 aromatic rings. The van der Waals surface area contributed by atoms with E-state index in [0.717, 1.165) is 5.56 Å². The van der Waals surface area contributed by atoms with Gasteiger partial charge >= 0.3 is 0 Å². The van der Waals surface area contributed by atoms with Crippen LogP contribution in [0.5, 0.6) is 17.5 Å². The zero-order chi connectivity index (χ0) is 20.5. The number of methoxy groups -OCH3 is 2. The van der Waals surface area contributed by atoms with E-state index in [-0.39, 0.29) is 5.88 Å². The molecule has 0 fully saturated rings. The van der Waals surface area contributed by atoms with Crippen molar-refractivity contribution in [1.29, 1.82) is 5.26 Å². The van der Waals surface area contributed by atoms with Gasteiger partial charge in [0.2, 0.25) is 5.88 Å². The van der Waals surface area contributed by atoms with Crippen molar-refractivity contribution in [2.45, 2.75) is 13.0 Å². The first-order chi connectivity index (χ1) is 14.0. The third kappa shape index (κ3) is 3.10. The van der Waals surface area contributed by atoms with Crippen molar-refractivity contribution < 1.29 is 14.6 Å². The number of aromatic hydroxyl groups is 1. The summed E-state index contributed by atoms with van der Waals surface area (Å²) in [6.45, 7) is 1.74. The summed E-state index contributed by atoms with van der Waals surface area (Å²) in [4.78, 5) is 8.89. The first-order valence-electron chi connectivity index (χ1n) is 8.79. The number of fused-ring (bicyclic) bond motifs is 1. The van der Waals surface area contributed by atoms with Crippen LogP contribution in [0, 0.1) is 11.3 Å². The number of pyridine rings is 2. The monoisotopic (exact) mass is 390 g/mol. The molecule has 29 heavy (non-hydrogen) atoms. The van der Waals surface area contributed by atoms with Crippen molar-refractivity contribution >= 4 is 10.9 Å². The lowest BCUT2D eigenvalue weighted by atomic mass is 10.1. The van der Waals surface area contributed by atoms with Crippen LogP contribution in [-0.4, -0.2) is 43.6 Å². The zero-order valence-corrected chi connectivity index (χ0v) is 16.1. The Kier molecular flexibility index (Phi) is 4.52. The van der Waals surface area contributed by atoms with Crippen LogP contribution in [0.4, 0.5) is 0 Å². The van der Waals surface area contributed by atoms with Crippen LogP contribution in [0.25, 0.3) is 27.8 Å². The quantitative estimate of drug-likeness (QED) is 0.557. The van der Waals surface area contributed by atoms with E-state index in [1.165, 1.54) is 11.8 Å². The molecule has 4 heterocycles. The minimum absolute atomic E-state index is 0.0497. The highest BCUT2D eigenvalue weighted by molar-refractivity contribution is 5.87. The molecule has 0 amide bonds. The first-order valence-corrected chi connectivity index (χ1v) is 8.79. The number of ether oxygens (including phenoxy) is 2. The summed E-state index contributed by atoms with van der Waals surface area (Å²) < 4.78 is 13.6. The fraction of sp³-hybridized carbons (Fsp3) is 0.200. The molecule has 4 rings (SSSR count). The zero-order valence-electron chi connectivity index (χ0n) is 16.1. The number of nitrogens with zero attached hydrogens (tertiary/aromatic N) is 6. The second-order valence-electron chi connectivity index (χ2n) is 6.37. The highest BCUT2D eigenvalue weighted by Crippen LogP contribution is 2.33. The van der Waals surface area contributed by atoms with Gasteiger partial charge < -0.3 is 14.6 Å². The normalized spacial score (nSPS) is 11.9. The van der Waals surface area contributed by atoms with Crippen molar-refractivity contribution in [3.63, 3.8) is 0 Å².